The Morgan fingerprint density at radius 1 is 1.24 bits per heavy atom. The third-order valence-corrected chi connectivity index (χ3v) is 4.77. The van der Waals surface area contributed by atoms with Gasteiger partial charge in [-0.15, -0.1) is 11.8 Å². The second-order valence-electron chi connectivity index (χ2n) is 3.44. The molecule has 17 heavy (non-hydrogen) atoms. The van der Waals surface area contributed by atoms with Gasteiger partial charge < -0.3 is 0 Å². The smallest absolute Gasteiger partial charge is 0.267 e. The zero-order valence-electron chi connectivity index (χ0n) is 9.56. The molecule has 1 aromatic carbocycles. The summed E-state index contributed by atoms with van der Waals surface area (Å²) in [6.07, 6.45) is 1.46. The molecule has 0 spiro atoms. The maximum Gasteiger partial charge on any atom is 0.267 e. The molecule has 0 bridgehead atoms. The minimum atomic E-state index is -3.30. The van der Waals surface area contributed by atoms with E-state index in [-0.39, 0.29) is 5.75 Å². The lowest BCUT2D eigenvalue weighted by Crippen LogP contribution is -2.07. The summed E-state index contributed by atoms with van der Waals surface area (Å²) in [5.41, 5.74) is 0. The average Bonchev–Trinajstić information content (AvgIpc) is 2.31. The van der Waals surface area contributed by atoms with E-state index in [1.807, 2.05) is 24.3 Å². The molecule has 0 heterocycles. The number of rotatable bonds is 7. The molecule has 0 saturated heterocycles. The fraction of sp³-hybridized carbons (Fsp3) is 0.455. The molecule has 0 amide bonds. The first-order valence-electron chi connectivity index (χ1n) is 5.20. The summed E-state index contributed by atoms with van der Waals surface area (Å²) in [7, 11) is -2.10. The maximum atomic E-state index is 11.0. The minimum absolute atomic E-state index is 0.0880. The van der Waals surface area contributed by atoms with E-state index in [0.717, 1.165) is 22.1 Å². The van der Waals surface area contributed by atoms with E-state index < -0.39 is 10.1 Å². The summed E-state index contributed by atoms with van der Waals surface area (Å²) < 4.78 is 26.4. The van der Waals surface area contributed by atoms with Gasteiger partial charge in [0.25, 0.3) is 10.1 Å². The second-order valence-corrected chi connectivity index (χ2v) is 6.90. The lowest BCUT2D eigenvalue weighted by Gasteiger charge is -2.02. The number of benzene rings is 1. The van der Waals surface area contributed by atoms with E-state index in [1.54, 1.807) is 11.8 Å². The van der Waals surface area contributed by atoms with Gasteiger partial charge in [0.05, 0.1) is 12.9 Å². The normalized spacial score (nSPS) is 11.6. The first-order chi connectivity index (χ1) is 8.03. The molecular weight excluding hydrogens is 280 g/mol. The van der Waals surface area contributed by atoms with E-state index in [4.69, 9.17) is 11.6 Å². The summed E-state index contributed by atoms with van der Waals surface area (Å²) in [6.45, 7) is 0. The lowest BCUT2D eigenvalue weighted by molar-refractivity contribution is 0.396. The van der Waals surface area contributed by atoms with E-state index in [9.17, 15) is 8.42 Å². The topological polar surface area (TPSA) is 43.4 Å². The molecular formula is C11H15ClO3S2. The first kappa shape index (κ1) is 14.8. The largest absolute Gasteiger partial charge is 0.273 e. The van der Waals surface area contributed by atoms with Crippen LogP contribution in [0.2, 0.25) is 5.02 Å². The molecule has 6 heteroatoms. The molecule has 1 aromatic rings. The van der Waals surface area contributed by atoms with Gasteiger partial charge in [0.1, 0.15) is 0 Å². The van der Waals surface area contributed by atoms with Crippen LogP contribution in [-0.4, -0.2) is 27.0 Å². The Balaban J connectivity index is 2.19. The highest BCUT2D eigenvalue weighted by molar-refractivity contribution is 7.99. The predicted molar refractivity (Wildman–Crippen MR) is 72.2 cm³/mol. The number of hydrogen-bond acceptors (Lipinski definition) is 4. The van der Waals surface area contributed by atoms with Crippen molar-refractivity contribution in [2.75, 3.05) is 18.6 Å². The zero-order chi connectivity index (χ0) is 12.7. The van der Waals surface area contributed by atoms with Crippen molar-refractivity contribution in [3.63, 3.8) is 0 Å². The summed E-state index contributed by atoms with van der Waals surface area (Å²) in [4.78, 5) is 1.14. The van der Waals surface area contributed by atoms with Gasteiger partial charge in [-0.05, 0) is 42.9 Å². The van der Waals surface area contributed by atoms with E-state index in [0.29, 0.717) is 6.42 Å². The van der Waals surface area contributed by atoms with Crippen molar-refractivity contribution in [3.05, 3.63) is 29.3 Å². The summed E-state index contributed by atoms with van der Waals surface area (Å²) in [5.74, 6) is 0.978. The van der Waals surface area contributed by atoms with Crippen LogP contribution in [-0.2, 0) is 14.3 Å². The number of halogens is 1. The van der Waals surface area contributed by atoms with Gasteiger partial charge in [0, 0.05) is 9.92 Å². The fourth-order valence-corrected chi connectivity index (χ4v) is 2.95. The second kappa shape index (κ2) is 7.26. The highest BCUT2D eigenvalue weighted by atomic mass is 35.5. The van der Waals surface area contributed by atoms with Gasteiger partial charge in [-0.2, -0.15) is 8.42 Å². The quantitative estimate of drug-likeness (QED) is 0.440. The van der Waals surface area contributed by atoms with E-state index in [2.05, 4.69) is 4.18 Å². The maximum absolute atomic E-state index is 11.0. The monoisotopic (exact) mass is 294 g/mol. The Labute approximate surface area is 112 Å². The van der Waals surface area contributed by atoms with Crippen molar-refractivity contribution < 1.29 is 12.6 Å². The molecule has 96 valence electrons. The Morgan fingerprint density at radius 3 is 2.47 bits per heavy atom. The predicted octanol–water partition coefficient (Wildman–Crippen LogP) is 3.19. The molecule has 0 radical (unpaired) electrons. The van der Waals surface area contributed by atoms with Gasteiger partial charge in [-0.25, -0.2) is 0 Å². The molecule has 0 N–H and O–H groups in total. The van der Waals surface area contributed by atoms with Crippen LogP contribution in [0, 0.1) is 0 Å². The van der Waals surface area contributed by atoms with Gasteiger partial charge in [0.15, 0.2) is 0 Å². The number of hydrogen-bond donors (Lipinski definition) is 0. The fourth-order valence-electron chi connectivity index (χ4n) is 1.19. The van der Waals surface area contributed by atoms with Crippen LogP contribution in [0.15, 0.2) is 29.2 Å². The Hall–Kier alpha value is -0.230. The van der Waals surface area contributed by atoms with Crippen LogP contribution in [0.1, 0.15) is 12.8 Å². The molecule has 0 aliphatic carbocycles. The van der Waals surface area contributed by atoms with Crippen LogP contribution in [0.3, 0.4) is 0 Å². The summed E-state index contributed by atoms with van der Waals surface area (Å²) in [5, 5.41) is 0.723. The van der Waals surface area contributed by atoms with Crippen LogP contribution < -0.4 is 0 Å². The zero-order valence-corrected chi connectivity index (χ0v) is 11.9. The van der Waals surface area contributed by atoms with E-state index in [1.165, 1.54) is 7.11 Å². The number of thioether (sulfide) groups is 1. The first-order valence-corrected chi connectivity index (χ1v) is 8.14. The van der Waals surface area contributed by atoms with Gasteiger partial charge in [-0.3, -0.25) is 4.18 Å². The van der Waals surface area contributed by atoms with Crippen molar-refractivity contribution in [2.45, 2.75) is 17.7 Å². The molecule has 0 saturated carbocycles. The Bertz CT molecular complexity index is 429. The molecule has 0 fully saturated rings. The van der Waals surface area contributed by atoms with Crippen LogP contribution >= 0.6 is 23.4 Å². The van der Waals surface area contributed by atoms with Crippen molar-refractivity contribution in [1.29, 1.82) is 0 Å². The average molecular weight is 295 g/mol. The SMILES string of the molecule is COS(=O)(=O)CCCCSc1ccc(Cl)cc1. The standard InChI is InChI=1S/C11H15ClO3S2/c1-15-17(13,14)9-3-2-8-16-11-6-4-10(12)5-7-11/h4-7H,2-3,8-9H2,1H3. The van der Waals surface area contributed by atoms with Crippen LogP contribution in [0.5, 0.6) is 0 Å². The van der Waals surface area contributed by atoms with Crippen LogP contribution in [0.25, 0.3) is 0 Å². The minimum Gasteiger partial charge on any atom is -0.273 e. The van der Waals surface area contributed by atoms with E-state index >= 15 is 0 Å². The Morgan fingerprint density at radius 2 is 1.88 bits per heavy atom. The highest BCUT2D eigenvalue weighted by Crippen LogP contribution is 2.21. The molecule has 0 aromatic heterocycles. The van der Waals surface area contributed by atoms with Crippen LogP contribution in [0.4, 0.5) is 0 Å². The molecule has 1 rings (SSSR count). The third-order valence-electron chi connectivity index (χ3n) is 2.12. The van der Waals surface area contributed by atoms with Gasteiger partial charge in [-0.1, -0.05) is 11.6 Å². The third kappa shape index (κ3) is 6.31. The van der Waals surface area contributed by atoms with Crippen molar-refractivity contribution >= 4 is 33.5 Å². The molecule has 0 aliphatic rings. The molecule has 0 atom stereocenters. The van der Waals surface area contributed by atoms with Crippen molar-refractivity contribution in [1.82, 2.24) is 0 Å². The molecule has 0 unspecified atom stereocenters. The van der Waals surface area contributed by atoms with Crippen molar-refractivity contribution in [3.8, 4) is 0 Å². The summed E-state index contributed by atoms with van der Waals surface area (Å²) >= 11 is 7.46. The highest BCUT2D eigenvalue weighted by Gasteiger charge is 2.07. The van der Waals surface area contributed by atoms with Gasteiger partial charge in [0.2, 0.25) is 0 Å². The molecule has 0 aliphatic heterocycles. The Kier molecular flexibility index (Phi) is 6.33. The van der Waals surface area contributed by atoms with Crippen molar-refractivity contribution in [2.24, 2.45) is 0 Å². The lowest BCUT2D eigenvalue weighted by atomic mass is 10.4. The molecule has 3 nitrogen and oxygen atoms in total. The number of unbranched alkanes of at least 4 members (excludes halogenated alkanes) is 1. The van der Waals surface area contributed by atoms with Gasteiger partial charge >= 0.3 is 0 Å². The summed E-state index contributed by atoms with van der Waals surface area (Å²) in [6, 6.07) is 7.61.